The second-order valence-electron chi connectivity index (χ2n) is 4.27. The number of rotatable bonds is 1. The molecule has 1 aliphatic rings. The lowest BCUT2D eigenvalue weighted by Gasteiger charge is -2.45. The van der Waals surface area contributed by atoms with Gasteiger partial charge in [0.15, 0.2) is 0 Å². The average Bonchev–Trinajstić information content (AvgIpc) is 1.82. The van der Waals surface area contributed by atoms with Gasteiger partial charge >= 0.3 is 0 Å². The molecule has 1 rings (SSSR count). The number of carbonyl (C=O) groups excluding carboxylic acids is 1. The van der Waals surface area contributed by atoms with E-state index in [1.54, 1.807) is 0 Å². The molecular formula is C9H18N2O. The molecule has 1 amide bonds. The first-order chi connectivity index (χ1) is 5.45. The van der Waals surface area contributed by atoms with Gasteiger partial charge in [0.05, 0.1) is 12.1 Å². The molecule has 1 saturated heterocycles. The standard InChI is InChI=1S/C9H18N2O/c1-7(2)11-8(12)5-10-6-9(11,3)4/h7,10H,5-6H2,1-4H3. The van der Waals surface area contributed by atoms with Crippen molar-refractivity contribution in [3.05, 3.63) is 0 Å². The van der Waals surface area contributed by atoms with Crippen LogP contribution in [0.3, 0.4) is 0 Å². The summed E-state index contributed by atoms with van der Waals surface area (Å²) in [6, 6.07) is 0.301. The van der Waals surface area contributed by atoms with Crippen LogP contribution in [0.2, 0.25) is 0 Å². The van der Waals surface area contributed by atoms with Crippen LogP contribution < -0.4 is 5.32 Å². The molecule has 0 saturated carbocycles. The maximum absolute atomic E-state index is 11.5. The Morgan fingerprint density at radius 1 is 1.50 bits per heavy atom. The van der Waals surface area contributed by atoms with Crippen LogP contribution in [0, 0.1) is 0 Å². The first kappa shape index (κ1) is 9.52. The van der Waals surface area contributed by atoms with E-state index in [1.165, 1.54) is 0 Å². The topological polar surface area (TPSA) is 32.3 Å². The third-order valence-corrected chi connectivity index (χ3v) is 2.27. The van der Waals surface area contributed by atoms with Gasteiger partial charge in [0.2, 0.25) is 5.91 Å². The van der Waals surface area contributed by atoms with E-state index in [9.17, 15) is 4.79 Å². The smallest absolute Gasteiger partial charge is 0.237 e. The number of carbonyl (C=O) groups is 1. The summed E-state index contributed by atoms with van der Waals surface area (Å²) in [4.78, 5) is 13.5. The van der Waals surface area contributed by atoms with Crippen LogP contribution in [-0.4, -0.2) is 35.5 Å². The highest BCUT2D eigenvalue weighted by Crippen LogP contribution is 2.19. The summed E-state index contributed by atoms with van der Waals surface area (Å²) in [5, 5.41) is 3.12. The molecule has 0 aromatic carbocycles. The van der Waals surface area contributed by atoms with E-state index in [2.05, 4.69) is 33.0 Å². The lowest BCUT2D eigenvalue weighted by molar-refractivity contribution is -0.141. The van der Waals surface area contributed by atoms with Gasteiger partial charge in [-0.2, -0.15) is 0 Å². The van der Waals surface area contributed by atoms with Crippen molar-refractivity contribution >= 4 is 5.91 Å². The molecule has 0 atom stereocenters. The van der Waals surface area contributed by atoms with Gasteiger partial charge < -0.3 is 10.2 Å². The molecule has 0 bridgehead atoms. The van der Waals surface area contributed by atoms with Crippen molar-refractivity contribution in [3.8, 4) is 0 Å². The highest BCUT2D eigenvalue weighted by atomic mass is 16.2. The number of nitrogens with one attached hydrogen (secondary N) is 1. The number of nitrogens with zero attached hydrogens (tertiary/aromatic N) is 1. The van der Waals surface area contributed by atoms with Gasteiger partial charge in [-0.3, -0.25) is 4.79 Å². The molecule has 0 aliphatic carbocycles. The van der Waals surface area contributed by atoms with Gasteiger partial charge in [-0.05, 0) is 27.7 Å². The van der Waals surface area contributed by atoms with Gasteiger partial charge in [0.1, 0.15) is 0 Å². The third kappa shape index (κ3) is 1.61. The zero-order chi connectivity index (χ0) is 9.35. The van der Waals surface area contributed by atoms with Gasteiger partial charge in [0, 0.05) is 12.6 Å². The third-order valence-electron chi connectivity index (χ3n) is 2.27. The molecular weight excluding hydrogens is 152 g/mol. The van der Waals surface area contributed by atoms with E-state index in [1.807, 2.05) is 4.90 Å². The number of amides is 1. The van der Waals surface area contributed by atoms with Crippen molar-refractivity contribution in [1.82, 2.24) is 10.2 Å². The number of piperazine rings is 1. The van der Waals surface area contributed by atoms with Gasteiger partial charge in [-0.1, -0.05) is 0 Å². The molecule has 0 radical (unpaired) electrons. The molecule has 0 spiro atoms. The van der Waals surface area contributed by atoms with Crippen LogP contribution in [0.4, 0.5) is 0 Å². The fourth-order valence-electron chi connectivity index (χ4n) is 1.97. The first-order valence-electron chi connectivity index (χ1n) is 4.48. The second kappa shape index (κ2) is 3.05. The predicted octanol–water partition coefficient (Wildman–Crippen LogP) is 0.605. The fourth-order valence-corrected chi connectivity index (χ4v) is 1.97. The zero-order valence-corrected chi connectivity index (χ0v) is 8.35. The van der Waals surface area contributed by atoms with E-state index >= 15 is 0 Å². The van der Waals surface area contributed by atoms with E-state index in [0.29, 0.717) is 12.6 Å². The number of hydrogen-bond acceptors (Lipinski definition) is 2. The van der Waals surface area contributed by atoms with Crippen LogP contribution in [0.15, 0.2) is 0 Å². The Kier molecular flexibility index (Phi) is 2.42. The minimum atomic E-state index is -0.0382. The minimum absolute atomic E-state index is 0.0382. The Hall–Kier alpha value is -0.570. The van der Waals surface area contributed by atoms with E-state index in [4.69, 9.17) is 0 Å². The Morgan fingerprint density at radius 2 is 2.08 bits per heavy atom. The molecule has 0 aromatic rings. The van der Waals surface area contributed by atoms with Crippen molar-refractivity contribution in [2.24, 2.45) is 0 Å². The second-order valence-corrected chi connectivity index (χ2v) is 4.27. The minimum Gasteiger partial charge on any atom is -0.333 e. The van der Waals surface area contributed by atoms with Crippen LogP contribution >= 0.6 is 0 Å². The van der Waals surface area contributed by atoms with Crippen LogP contribution in [0.25, 0.3) is 0 Å². The lowest BCUT2D eigenvalue weighted by atomic mass is 9.98. The summed E-state index contributed by atoms with van der Waals surface area (Å²) < 4.78 is 0. The quantitative estimate of drug-likeness (QED) is 0.625. The summed E-state index contributed by atoms with van der Waals surface area (Å²) in [5.74, 6) is 0.209. The lowest BCUT2D eigenvalue weighted by Crippen LogP contribution is -2.62. The highest BCUT2D eigenvalue weighted by molar-refractivity contribution is 5.80. The molecule has 1 N–H and O–H groups in total. The molecule has 0 unspecified atom stereocenters. The molecule has 12 heavy (non-hydrogen) atoms. The maximum Gasteiger partial charge on any atom is 0.237 e. The van der Waals surface area contributed by atoms with Gasteiger partial charge in [-0.25, -0.2) is 0 Å². The van der Waals surface area contributed by atoms with Crippen molar-refractivity contribution in [2.75, 3.05) is 13.1 Å². The van der Waals surface area contributed by atoms with E-state index in [0.717, 1.165) is 6.54 Å². The molecule has 0 aromatic heterocycles. The largest absolute Gasteiger partial charge is 0.333 e. The van der Waals surface area contributed by atoms with Crippen LogP contribution in [0.5, 0.6) is 0 Å². The van der Waals surface area contributed by atoms with Gasteiger partial charge in [0.25, 0.3) is 0 Å². The maximum atomic E-state index is 11.5. The van der Waals surface area contributed by atoms with Crippen molar-refractivity contribution in [1.29, 1.82) is 0 Å². The zero-order valence-electron chi connectivity index (χ0n) is 8.35. The summed E-state index contributed by atoms with van der Waals surface area (Å²) in [5.41, 5.74) is -0.0382. The Labute approximate surface area is 74.1 Å². The highest BCUT2D eigenvalue weighted by Gasteiger charge is 2.35. The normalized spacial score (nSPS) is 23.4. The Morgan fingerprint density at radius 3 is 2.42 bits per heavy atom. The Balaban J connectivity index is 2.81. The van der Waals surface area contributed by atoms with E-state index in [-0.39, 0.29) is 11.4 Å². The van der Waals surface area contributed by atoms with Gasteiger partial charge in [-0.15, -0.1) is 0 Å². The summed E-state index contributed by atoms with van der Waals surface area (Å²) in [7, 11) is 0. The molecule has 70 valence electrons. The fraction of sp³-hybridized carbons (Fsp3) is 0.889. The number of hydrogen-bond donors (Lipinski definition) is 1. The molecule has 1 aliphatic heterocycles. The van der Waals surface area contributed by atoms with E-state index < -0.39 is 0 Å². The summed E-state index contributed by atoms with van der Waals surface area (Å²) in [6.45, 7) is 9.68. The Bertz CT molecular complexity index is 187. The molecule has 3 heteroatoms. The molecule has 1 fully saturated rings. The van der Waals surface area contributed by atoms with Crippen LogP contribution in [0.1, 0.15) is 27.7 Å². The molecule has 3 nitrogen and oxygen atoms in total. The monoisotopic (exact) mass is 170 g/mol. The summed E-state index contributed by atoms with van der Waals surface area (Å²) >= 11 is 0. The summed E-state index contributed by atoms with van der Waals surface area (Å²) in [6.07, 6.45) is 0. The predicted molar refractivity (Wildman–Crippen MR) is 48.9 cm³/mol. The van der Waals surface area contributed by atoms with Crippen molar-refractivity contribution in [3.63, 3.8) is 0 Å². The molecule has 1 heterocycles. The van der Waals surface area contributed by atoms with Crippen LogP contribution in [-0.2, 0) is 4.79 Å². The average molecular weight is 170 g/mol. The first-order valence-corrected chi connectivity index (χ1v) is 4.48. The van der Waals surface area contributed by atoms with Crippen molar-refractivity contribution in [2.45, 2.75) is 39.3 Å². The van der Waals surface area contributed by atoms with Crippen molar-refractivity contribution < 1.29 is 4.79 Å². The SMILES string of the molecule is CC(C)N1C(=O)CNCC1(C)C.